The summed E-state index contributed by atoms with van der Waals surface area (Å²) in [6, 6.07) is 18.7. The SMILES string of the molecule is COc1cc(C(=O)N2CCN(c3ccccn3)CC2)ccc1OCc1ccc(Cl)cc1. The molecular formula is C24H24ClN3O3. The van der Waals surface area contributed by atoms with Crippen LogP contribution in [0.4, 0.5) is 5.82 Å². The van der Waals surface area contributed by atoms with Gasteiger partial charge in [0, 0.05) is 43.0 Å². The summed E-state index contributed by atoms with van der Waals surface area (Å²) < 4.78 is 11.4. The number of amides is 1. The van der Waals surface area contributed by atoms with Gasteiger partial charge >= 0.3 is 0 Å². The normalized spacial score (nSPS) is 13.7. The third kappa shape index (κ3) is 5.09. The Labute approximate surface area is 187 Å². The molecule has 31 heavy (non-hydrogen) atoms. The molecule has 1 aromatic heterocycles. The highest BCUT2D eigenvalue weighted by molar-refractivity contribution is 6.30. The van der Waals surface area contributed by atoms with E-state index < -0.39 is 0 Å². The largest absolute Gasteiger partial charge is 0.493 e. The summed E-state index contributed by atoms with van der Waals surface area (Å²) in [4.78, 5) is 21.5. The highest BCUT2D eigenvalue weighted by atomic mass is 35.5. The molecule has 0 bridgehead atoms. The van der Waals surface area contributed by atoms with Crippen molar-refractivity contribution >= 4 is 23.3 Å². The van der Waals surface area contributed by atoms with Crippen molar-refractivity contribution in [3.63, 3.8) is 0 Å². The van der Waals surface area contributed by atoms with E-state index in [1.807, 2.05) is 47.4 Å². The fourth-order valence-corrected chi connectivity index (χ4v) is 3.65. The first-order valence-corrected chi connectivity index (χ1v) is 10.5. The van der Waals surface area contributed by atoms with E-state index in [1.165, 1.54) is 0 Å². The molecule has 2 heterocycles. The van der Waals surface area contributed by atoms with Crippen LogP contribution in [0.15, 0.2) is 66.9 Å². The first-order chi connectivity index (χ1) is 15.1. The van der Waals surface area contributed by atoms with Gasteiger partial charge in [-0.25, -0.2) is 4.98 Å². The molecule has 0 aliphatic carbocycles. The molecular weight excluding hydrogens is 414 g/mol. The summed E-state index contributed by atoms with van der Waals surface area (Å²) in [5.41, 5.74) is 1.58. The molecule has 1 amide bonds. The fourth-order valence-electron chi connectivity index (χ4n) is 3.52. The maximum absolute atomic E-state index is 13.0. The summed E-state index contributed by atoms with van der Waals surface area (Å²) in [7, 11) is 1.57. The second-order valence-corrected chi connectivity index (χ2v) is 7.68. The van der Waals surface area contributed by atoms with E-state index in [9.17, 15) is 4.79 Å². The Morgan fingerprint density at radius 3 is 2.45 bits per heavy atom. The Balaban J connectivity index is 1.39. The van der Waals surface area contributed by atoms with Crippen LogP contribution in [-0.2, 0) is 6.61 Å². The lowest BCUT2D eigenvalue weighted by Crippen LogP contribution is -2.49. The number of carbonyl (C=O) groups is 1. The highest BCUT2D eigenvalue weighted by Crippen LogP contribution is 2.29. The average molecular weight is 438 g/mol. The van der Waals surface area contributed by atoms with E-state index in [0.717, 1.165) is 24.5 Å². The van der Waals surface area contributed by atoms with Crippen molar-refractivity contribution in [2.45, 2.75) is 6.61 Å². The lowest BCUT2D eigenvalue weighted by atomic mass is 10.1. The van der Waals surface area contributed by atoms with E-state index in [0.29, 0.717) is 41.8 Å². The second-order valence-electron chi connectivity index (χ2n) is 7.25. The van der Waals surface area contributed by atoms with Gasteiger partial charge in [0.05, 0.1) is 7.11 Å². The van der Waals surface area contributed by atoms with Crippen molar-refractivity contribution in [1.29, 1.82) is 0 Å². The van der Waals surface area contributed by atoms with Crippen molar-refractivity contribution < 1.29 is 14.3 Å². The summed E-state index contributed by atoms with van der Waals surface area (Å²) in [5.74, 6) is 2.06. The van der Waals surface area contributed by atoms with E-state index in [4.69, 9.17) is 21.1 Å². The number of hydrogen-bond acceptors (Lipinski definition) is 5. The van der Waals surface area contributed by atoms with Gasteiger partial charge in [0.25, 0.3) is 5.91 Å². The Bertz CT molecular complexity index is 1020. The number of pyridine rings is 1. The number of methoxy groups -OCH3 is 1. The highest BCUT2D eigenvalue weighted by Gasteiger charge is 2.23. The topological polar surface area (TPSA) is 54.9 Å². The van der Waals surface area contributed by atoms with Crippen LogP contribution in [0.2, 0.25) is 5.02 Å². The van der Waals surface area contributed by atoms with E-state index in [-0.39, 0.29) is 5.91 Å². The molecule has 4 rings (SSSR count). The predicted molar refractivity (Wildman–Crippen MR) is 121 cm³/mol. The van der Waals surface area contributed by atoms with Gasteiger partial charge in [-0.15, -0.1) is 0 Å². The molecule has 6 nitrogen and oxygen atoms in total. The van der Waals surface area contributed by atoms with Crippen molar-refractivity contribution in [2.75, 3.05) is 38.2 Å². The van der Waals surface area contributed by atoms with Gasteiger partial charge in [-0.1, -0.05) is 29.8 Å². The number of piperazine rings is 1. The van der Waals surface area contributed by atoms with Crippen molar-refractivity contribution in [2.24, 2.45) is 0 Å². The minimum Gasteiger partial charge on any atom is -0.493 e. The monoisotopic (exact) mass is 437 g/mol. The number of benzene rings is 2. The summed E-state index contributed by atoms with van der Waals surface area (Å²) >= 11 is 5.92. The number of ether oxygens (including phenoxy) is 2. The van der Waals surface area contributed by atoms with Gasteiger partial charge < -0.3 is 19.3 Å². The van der Waals surface area contributed by atoms with Crippen LogP contribution in [0.3, 0.4) is 0 Å². The van der Waals surface area contributed by atoms with Gasteiger partial charge in [-0.05, 0) is 48.0 Å². The minimum absolute atomic E-state index is 0.0109. The number of rotatable bonds is 6. The molecule has 7 heteroatoms. The molecule has 0 saturated carbocycles. The molecule has 3 aromatic rings. The van der Waals surface area contributed by atoms with Crippen LogP contribution in [0.1, 0.15) is 15.9 Å². The van der Waals surface area contributed by atoms with Crippen molar-refractivity contribution in [3.8, 4) is 11.5 Å². The van der Waals surface area contributed by atoms with Gasteiger partial charge in [0.1, 0.15) is 12.4 Å². The lowest BCUT2D eigenvalue weighted by molar-refractivity contribution is 0.0746. The molecule has 0 N–H and O–H groups in total. The number of anilines is 1. The minimum atomic E-state index is -0.0109. The Morgan fingerprint density at radius 1 is 1.00 bits per heavy atom. The molecule has 1 fully saturated rings. The van der Waals surface area contributed by atoms with Crippen LogP contribution in [0.5, 0.6) is 11.5 Å². The van der Waals surface area contributed by atoms with Crippen LogP contribution in [0.25, 0.3) is 0 Å². The first kappa shape index (κ1) is 21.0. The van der Waals surface area contributed by atoms with Crippen LogP contribution in [0, 0.1) is 0 Å². The van der Waals surface area contributed by atoms with Crippen LogP contribution < -0.4 is 14.4 Å². The predicted octanol–water partition coefficient (Wildman–Crippen LogP) is 4.29. The number of halogens is 1. The maximum Gasteiger partial charge on any atom is 0.254 e. The quantitative estimate of drug-likeness (QED) is 0.576. The number of aromatic nitrogens is 1. The molecule has 1 aliphatic heterocycles. The zero-order valence-corrected chi connectivity index (χ0v) is 18.1. The van der Waals surface area contributed by atoms with Crippen LogP contribution >= 0.6 is 11.6 Å². The standard InChI is InChI=1S/C24H24ClN3O3/c1-30-22-16-19(7-10-21(22)31-17-18-5-8-20(25)9-6-18)24(29)28-14-12-27(13-15-28)23-4-2-3-11-26-23/h2-11,16H,12-15,17H2,1H3. The molecule has 0 radical (unpaired) electrons. The molecule has 0 atom stereocenters. The zero-order valence-electron chi connectivity index (χ0n) is 17.3. The molecule has 1 saturated heterocycles. The first-order valence-electron chi connectivity index (χ1n) is 10.1. The summed E-state index contributed by atoms with van der Waals surface area (Å²) in [5, 5.41) is 0.685. The zero-order chi connectivity index (χ0) is 21.6. The average Bonchev–Trinajstić information content (AvgIpc) is 2.84. The molecule has 0 spiro atoms. The maximum atomic E-state index is 13.0. The number of nitrogens with zero attached hydrogens (tertiary/aromatic N) is 3. The van der Waals surface area contributed by atoms with E-state index in [1.54, 1.807) is 31.5 Å². The smallest absolute Gasteiger partial charge is 0.254 e. The third-order valence-corrected chi connectivity index (χ3v) is 5.51. The van der Waals surface area contributed by atoms with Crippen molar-refractivity contribution in [3.05, 3.63) is 83.0 Å². The van der Waals surface area contributed by atoms with Gasteiger partial charge in [-0.3, -0.25) is 4.79 Å². The summed E-state index contributed by atoms with van der Waals surface area (Å²) in [6.45, 7) is 3.18. The fraction of sp³-hybridized carbons (Fsp3) is 0.250. The second kappa shape index (κ2) is 9.71. The molecule has 2 aromatic carbocycles. The number of carbonyl (C=O) groups excluding carboxylic acids is 1. The Morgan fingerprint density at radius 2 is 1.77 bits per heavy atom. The van der Waals surface area contributed by atoms with Gasteiger partial charge in [0.15, 0.2) is 11.5 Å². The summed E-state index contributed by atoms with van der Waals surface area (Å²) in [6.07, 6.45) is 1.79. The molecule has 0 unspecified atom stereocenters. The third-order valence-electron chi connectivity index (χ3n) is 5.26. The number of hydrogen-bond donors (Lipinski definition) is 0. The lowest BCUT2D eigenvalue weighted by Gasteiger charge is -2.35. The Kier molecular flexibility index (Phi) is 6.57. The Hall–Kier alpha value is -3.25. The molecule has 160 valence electrons. The van der Waals surface area contributed by atoms with Crippen LogP contribution in [-0.4, -0.2) is 49.1 Å². The van der Waals surface area contributed by atoms with E-state index >= 15 is 0 Å². The van der Waals surface area contributed by atoms with Gasteiger partial charge in [-0.2, -0.15) is 0 Å². The van der Waals surface area contributed by atoms with E-state index in [2.05, 4.69) is 9.88 Å². The van der Waals surface area contributed by atoms with Crippen molar-refractivity contribution in [1.82, 2.24) is 9.88 Å². The van der Waals surface area contributed by atoms with Gasteiger partial charge in [0.2, 0.25) is 0 Å². The molecule has 1 aliphatic rings.